The van der Waals surface area contributed by atoms with Crippen LogP contribution in [0.4, 0.5) is 11.4 Å². The molecular weight excluding hydrogens is 436 g/mol. The molecule has 0 unspecified atom stereocenters. The molecule has 1 N–H and O–H groups in total. The molecule has 31 heavy (non-hydrogen) atoms. The minimum Gasteiger partial charge on any atom is -0.496 e. The second-order valence-corrected chi connectivity index (χ2v) is 9.56. The molecule has 160 valence electrons. The summed E-state index contributed by atoms with van der Waals surface area (Å²) in [6.45, 7) is 2.21. The van der Waals surface area contributed by atoms with Crippen LogP contribution in [0, 0.1) is 6.92 Å². The number of benzene rings is 3. The number of nitrogens with zero attached hydrogens (tertiary/aromatic N) is 1. The maximum Gasteiger partial charge on any atom is 0.264 e. The number of carbonyl (C=O) groups is 1. The van der Waals surface area contributed by atoms with Gasteiger partial charge in [0.25, 0.3) is 15.9 Å². The molecule has 0 spiro atoms. The molecule has 3 aromatic rings. The summed E-state index contributed by atoms with van der Waals surface area (Å²) in [5.74, 6) is 0.424. The van der Waals surface area contributed by atoms with Crippen LogP contribution >= 0.6 is 11.6 Å². The number of fused-ring (bicyclic) bond motifs is 1. The zero-order chi connectivity index (χ0) is 22.2. The van der Waals surface area contributed by atoms with Gasteiger partial charge in [0, 0.05) is 22.8 Å². The molecule has 1 aliphatic rings. The number of hydrogen-bond acceptors (Lipinski definition) is 4. The Labute approximate surface area is 186 Å². The van der Waals surface area contributed by atoms with E-state index >= 15 is 0 Å². The molecular formula is C23H21ClN2O4S. The largest absolute Gasteiger partial charge is 0.496 e. The Hall–Kier alpha value is -3.03. The summed E-state index contributed by atoms with van der Waals surface area (Å²) in [4.78, 5) is 12.9. The van der Waals surface area contributed by atoms with Gasteiger partial charge in [0.2, 0.25) is 0 Å². The SMILES string of the molecule is COc1ccc(C(=O)Nc2ccc3c(c2)N(S(=O)(=O)c2ccc(Cl)cc2)CC3)cc1C. The van der Waals surface area contributed by atoms with Crippen LogP contribution in [0.2, 0.25) is 5.02 Å². The molecule has 8 heteroatoms. The maximum absolute atomic E-state index is 13.1. The molecule has 0 aromatic heterocycles. The van der Waals surface area contributed by atoms with E-state index < -0.39 is 10.0 Å². The number of methoxy groups -OCH3 is 1. The first-order valence-corrected chi connectivity index (χ1v) is 11.5. The van der Waals surface area contributed by atoms with Gasteiger partial charge >= 0.3 is 0 Å². The molecule has 4 rings (SSSR count). The van der Waals surface area contributed by atoms with Gasteiger partial charge in [-0.2, -0.15) is 0 Å². The summed E-state index contributed by atoms with van der Waals surface area (Å²) in [5, 5.41) is 3.32. The Kier molecular flexibility index (Phi) is 5.64. The molecule has 0 aliphatic carbocycles. The van der Waals surface area contributed by atoms with Crippen molar-refractivity contribution in [3.8, 4) is 5.75 Å². The van der Waals surface area contributed by atoms with E-state index in [4.69, 9.17) is 16.3 Å². The Morgan fingerprint density at radius 3 is 2.48 bits per heavy atom. The van der Waals surface area contributed by atoms with E-state index in [0.717, 1.165) is 11.1 Å². The van der Waals surface area contributed by atoms with Gasteiger partial charge < -0.3 is 10.1 Å². The maximum atomic E-state index is 13.1. The van der Waals surface area contributed by atoms with Crippen LogP contribution in [0.5, 0.6) is 5.75 Å². The third-order valence-corrected chi connectivity index (χ3v) is 7.33. The molecule has 0 bridgehead atoms. The van der Waals surface area contributed by atoms with E-state index in [1.54, 1.807) is 49.6 Å². The lowest BCUT2D eigenvalue weighted by Gasteiger charge is -2.20. The first-order valence-electron chi connectivity index (χ1n) is 9.67. The topological polar surface area (TPSA) is 75.7 Å². The highest BCUT2D eigenvalue weighted by atomic mass is 35.5. The van der Waals surface area contributed by atoms with E-state index in [0.29, 0.717) is 40.7 Å². The van der Waals surface area contributed by atoms with Crippen molar-refractivity contribution in [2.75, 3.05) is 23.3 Å². The van der Waals surface area contributed by atoms with Crippen LogP contribution in [-0.4, -0.2) is 28.0 Å². The van der Waals surface area contributed by atoms with Crippen LogP contribution in [0.25, 0.3) is 0 Å². The van der Waals surface area contributed by atoms with E-state index in [-0.39, 0.29) is 10.8 Å². The normalized spacial score (nSPS) is 13.1. The average molecular weight is 457 g/mol. The monoisotopic (exact) mass is 456 g/mol. The van der Waals surface area contributed by atoms with Crippen LogP contribution < -0.4 is 14.4 Å². The number of ether oxygens (including phenoxy) is 1. The van der Waals surface area contributed by atoms with E-state index in [2.05, 4.69) is 5.32 Å². The van der Waals surface area contributed by atoms with Gasteiger partial charge in [0.05, 0.1) is 17.7 Å². The van der Waals surface area contributed by atoms with Crippen molar-refractivity contribution in [3.05, 3.63) is 82.4 Å². The molecule has 1 amide bonds. The molecule has 1 aliphatic heterocycles. The summed E-state index contributed by atoms with van der Waals surface area (Å²) in [6, 6.07) is 16.6. The van der Waals surface area contributed by atoms with Gasteiger partial charge in [-0.05, 0) is 79.1 Å². The molecule has 1 heterocycles. The Morgan fingerprint density at radius 1 is 1.06 bits per heavy atom. The Bertz CT molecular complexity index is 1260. The van der Waals surface area contributed by atoms with Crippen molar-refractivity contribution < 1.29 is 17.9 Å². The van der Waals surface area contributed by atoms with E-state index in [9.17, 15) is 13.2 Å². The molecule has 6 nitrogen and oxygen atoms in total. The number of sulfonamides is 1. The molecule has 0 saturated heterocycles. The number of nitrogens with one attached hydrogen (secondary N) is 1. The van der Waals surface area contributed by atoms with Gasteiger partial charge in [0.15, 0.2) is 0 Å². The van der Waals surface area contributed by atoms with Crippen molar-refractivity contribution in [2.45, 2.75) is 18.2 Å². The lowest BCUT2D eigenvalue weighted by atomic mass is 10.1. The zero-order valence-corrected chi connectivity index (χ0v) is 18.6. The third-order valence-electron chi connectivity index (χ3n) is 5.25. The summed E-state index contributed by atoms with van der Waals surface area (Å²) in [6.07, 6.45) is 0.605. The van der Waals surface area contributed by atoms with Crippen LogP contribution in [-0.2, 0) is 16.4 Å². The van der Waals surface area contributed by atoms with Crippen molar-refractivity contribution in [2.24, 2.45) is 0 Å². The number of hydrogen-bond donors (Lipinski definition) is 1. The van der Waals surface area contributed by atoms with Crippen molar-refractivity contribution >= 4 is 38.9 Å². The first kappa shape index (κ1) is 21.2. The van der Waals surface area contributed by atoms with Crippen LogP contribution in [0.3, 0.4) is 0 Å². The summed E-state index contributed by atoms with van der Waals surface area (Å²) < 4.78 is 32.9. The number of halogens is 1. The van der Waals surface area contributed by atoms with E-state index in [1.807, 2.05) is 13.0 Å². The predicted molar refractivity (Wildman–Crippen MR) is 122 cm³/mol. The van der Waals surface area contributed by atoms with Gasteiger partial charge in [-0.15, -0.1) is 0 Å². The number of anilines is 2. The third kappa shape index (κ3) is 4.11. The summed E-state index contributed by atoms with van der Waals surface area (Å²) >= 11 is 5.89. The van der Waals surface area contributed by atoms with Gasteiger partial charge in [-0.25, -0.2) is 8.42 Å². The van der Waals surface area contributed by atoms with Gasteiger partial charge in [-0.3, -0.25) is 9.10 Å². The van der Waals surface area contributed by atoms with E-state index in [1.165, 1.54) is 16.4 Å². The summed E-state index contributed by atoms with van der Waals surface area (Å²) in [5.41, 5.74) is 3.35. The van der Waals surface area contributed by atoms with Crippen LogP contribution in [0.1, 0.15) is 21.5 Å². The second-order valence-electron chi connectivity index (χ2n) is 7.26. The highest BCUT2D eigenvalue weighted by molar-refractivity contribution is 7.92. The predicted octanol–water partition coefficient (Wildman–Crippen LogP) is 4.66. The van der Waals surface area contributed by atoms with Gasteiger partial charge in [0.1, 0.15) is 5.75 Å². The lowest BCUT2D eigenvalue weighted by Crippen LogP contribution is -2.29. The Balaban J connectivity index is 1.60. The molecule has 0 saturated carbocycles. The second kappa shape index (κ2) is 8.24. The summed E-state index contributed by atoms with van der Waals surface area (Å²) in [7, 11) is -2.15. The first-order chi connectivity index (χ1) is 14.8. The minimum absolute atomic E-state index is 0.174. The quantitative estimate of drug-likeness (QED) is 0.605. The van der Waals surface area contributed by atoms with Crippen molar-refractivity contribution in [1.82, 2.24) is 0 Å². The van der Waals surface area contributed by atoms with Crippen LogP contribution in [0.15, 0.2) is 65.6 Å². The Morgan fingerprint density at radius 2 is 1.81 bits per heavy atom. The highest BCUT2D eigenvalue weighted by Gasteiger charge is 2.31. The number of rotatable bonds is 5. The number of amides is 1. The average Bonchev–Trinajstić information content (AvgIpc) is 3.18. The fourth-order valence-electron chi connectivity index (χ4n) is 3.63. The fourth-order valence-corrected chi connectivity index (χ4v) is 5.26. The van der Waals surface area contributed by atoms with Crippen molar-refractivity contribution in [3.63, 3.8) is 0 Å². The number of carbonyl (C=O) groups excluding carboxylic acids is 1. The minimum atomic E-state index is -3.73. The molecule has 3 aromatic carbocycles. The van der Waals surface area contributed by atoms with Gasteiger partial charge in [-0.1, -0.05) is 17.7 Å². The molecule has 0 radical (unpaired) electrons. The number of aryl methyl sites for hydroxylation is 1. The smallest absolute Gasteiger partial charge is 0.264 e. The standard InChI is InChI=1S/C23H21ClN2O4S/c1-15-13-17(4-10-22(15)30-2)23(27)25-19-7-3-16-11-12-26(21(16)14-19)31(28,29)20-8-5-18(24)6-9-20/h3-10,13-14H,11-12H2,1-2H3,(H,25,27). The highest BCUT2D eigenvalue weighted by Crippen LogP contribution is 2.35. The molecule has 0 atom stereocenters. The lowest BCUT2D eigenvalue weighted by molar-refractivity contribution is 0.102. The zero-order valence-electron chi connectivity index (χ0n) is 17.1. The molecule has 0 fully saturated rings. The van der Waals surface area contributed by atoms with Crippen molar-refractivity contribution in [1.29, 1.82) is 0 Å². The fraction of sp³-hybridized carbons (Fsp3) is 0.174.